The molecule has 8 nitrogen and oxygen atoms in total. The zero-order valence-electron chi connectivity index (χ0n) is 17.3. The normalized spacial score (nSPS) is 14.9. The van der Waals surface area contributed by atoms with Gasteiger partial charge in [0, 0.05) is 37.0 Å². The maximum atomic E-state index is 11.6. The first-order valence-electron chi connectivity index (χ1n) is 8.83. The summed E-state index contributed by atoms with van der Waals surface area (Å²) in [6.07, 6.45) is 6.59. The van der Waals surface area contributed by atoms with Gasteiger partial charge in [-0.15, -0.1) is 0 Å². The van der Waals surface area contributed by atoms with Crippen molar-refractivity contribution in [1.29, 1.82) is 0 Å². The van der Waals surface area contributed by atoms with Crippen LogP contribution in [0.25, 0.3) is 6.08 Å². The number of carbonyl (C=O) groups is 1. The van der Waals surface area contributed by atoms with Crippen LogP contribution in [0.3, 0.4) is 0 Å². The molecule has 1 heterocycles. The van der Waals surface area contributed by atoms with E-state index in [0.717, 1.165) is 17.3 Å². The van der Waals surface area contributed by atoms with E-state index >= 15 is 0 Å². The van der Waals surface area contributed by atoms with Gasteiger partial charge in [0.15, 0.2) is 0 Å². The van der Waals surface area contributed by atoms with Crippen molar-refractivity contribution >= 4 is 45.5 Å². The molecule has 31 heavy (non-hydrogen) atoms. The first kappa shape index (κ1) is 25.3. The van der Waals surface area contributed by atoms with Gasteiger partial charge in [0.1, 0.15) is 10.1 Å². The fraction of sp³-hybridized carbons (Fsp3) is 0.0952. The average molecular weight is 465 g/mol. The van der Waals surface area contributed by atoms with E-state index in [9.17, 15) is 22.9 Å². The molecule has 1 aliphatic rings. The molecular weight excluding hydrogens is 445 g/mol. The Bertz CT molecular complexity index is 1210. The van der Waals surface area contributed by atoms with Gasteiger partial charge in [-0.05, 0) is 29.8 Å². The molecule has 0 fully saturated rings. The van der Waals surface area contributed by atoms with Crippen molar-refractivity contribution in [1.82, 2.24) is 0 Å². The Morgan fingerprint density at radius 3 is 2.42 bits per heavy atom. The Balaban J connectivity index is 0.00000341. The number of aliphatic carboxylic acids is 1. The number of anilines is 1. The van der Waals surface area contributed by atoms with Crippen LogP contribution >= 0.6 is 0 Å². The summed E-state index contributed by atoms with van der Waals surface area (Å²) in [7, 11) is -0.735. The van der Waals surface area contributed by atoms with Crippen LogP contribution in [0.2, 0.25) is 0 Å². The van der Waals surface area contributed by atoms with Crippen molar-refractivity contribution in [3.8, 4) is 0 Å². The van der Waals surface area contributed by atoms with Crippen molar-refractivity contribution in [3.05, 3.63) is 71.8 Å². The summed E-state index contributed by atoms with van der Waals surface area (Å²) < 4.78 is 34.9. The molecule has 0 atom stereocenters. The van der Waals surface area contributed by atoms with Crippen molar-refractivity contribution in [2.45, 2.75) is 4.90 Å². The molecule has 10 heteroatoms. The van der Waals surface area contributed by atoms with Gasteiger partial charge in [-0.2, -0.15) is 0 Å². The Morgan fingerprint density at radius 1 is 1.16 bits per heavy atom. The molecule has 1 N–H and O–H groups in total. The summed E-state index contributed by atoms with van der Waals surface area (Å²) in [6.45, 7) is 0. The Hall–Kier alpha value is -1.92. The zero-order valence-corrected chi connectivity index (χ0v) is 21.2. The van der Waals surface area contributed by atoms with Gasteiger partial charge >= 0.3 is 57.4 Å². The third-order valence-electron chi connectivity index (χ3n) is 4.29. The molecule has 0 saturated carbocycles. The van der Waals surface area contributed by atoms with Crippen molar-refractivity contribution < 1.29 is 78.9 Å². The van der Waals surface area contributed by atoms with E-state index in [1.54, 1.807) is 12.2 Å². The summed E-state index contributed by atoms with van der Waals surface area (Å²) >= 11 is 0. The third-order valence-corrected chi connectivity index (χ3v) is 5.12. The van der Waals surface area contributed by atoms with Crippen LogP contribution in [0.4, 0.5) is 11.4 Å². The Kier molecular flexibility index (Phi) is 8.66. The van der Waals surface area contributed by atoms with Gasteiger partial charge in [0.05, 0.1) is 10.5 Å². The number of hydrogen-bond acceptors (Lipinski definition) is 6. The fourth-order valence-corrected chi connectivity index (χ4v) is 3.25. The molecule has 0 aliphatic carbocycles. The Morgan fingerprint density at radius 2 is 1.84 bits per heavy atom. The predicted molar refractivity (Wildman–Crippen MR) is 113 cm³/mol. The number of hydrazone groups is 1. The van der Waals surface area contributed by atoms with Crippen LogP contribution < -0.4 is 56.3 Å². The minimum Gasteiger partial charge on any atom is -0.744 e. The number of allylic oxidation sites excluding steroid dienone is 2. The van der Waals surface area contributed by atoms with Crippen LogP contribution in [-0.4, -0.2) is 54.8 Å². The van der Waals surface area contributed by atoms with Gasteiger partial charge in [0.25, 0.3) is 0 Å². The molecule has 1 aliphatic heterocycles. The van der Waals surface area contributed by atoms with Crippen LogP contribution in [0.1, 0.15) is 5.56 Å². The van der Waals surface area contributed by atoms with E-state index < -0.39 is 21.0 Å². The molecule has 0 amide bonds. The van der Waals surface area contributed by atoms with Gasteiger partial charge < -0.3 is 14.6 Å². The van der Waals surface area contributed by atoms with Crippen LogP contribution in [-0.2, 0) is 14.9 Å². The number of carboxylic acid groups (broad SMARTS) is 1. The largest absolute Gasteiger partial charge is 1.00 e. The second-order valence-corrected chi connectivity index (χ2v) is 8.03. The first-order valence-corrected chi connectivity index (χ1v) is 10.2. The molecule has 2 aromatic carbocycles. The molecule has 3 rings (SSSR count). The van der Waals surface area contributed by atoms with Crippen molar-refractivity contribution in [2.75, 3.05) is 19.0 Å². The summed E-state index contributed by atoms with van der Waals surface area (Å²) in [5.74, 6) is -1.23. The molecule has 0 bridgehead atoms. The molecule has 0 unspecified atom stereocenters. The molecule has 2 aromatic rings. The second kappa shape index (κ2) is 10.6. The van der Waals surface area contributed by atoms with Crippen molar-refractivity contribution in [2.24, 2.45) is 5.10 Å². The number of nitrogens with zero attached hydrogens (tertiary/aromatic N) is 3. The SMILES string of the molecule is CN(C)c1ccc(C=CC=C2C=[N+](c3cccc(S(=O)(=O)[O-])c3)N=C2C(=O)O)cc1.[K+]. The maximum absolute atomic E-state index is 11.6. The summed E-state index contributed by atoms with van der Waals surface area (Å²) in [4.78, 5) is 13.1. The van der Waals surface area contributed by atoms with Crippen LogP contribution in [0, 0.1) is 0 Å². The number of hydrogen-bond donors (Lipinski definition) is 1. The number of rotatable bonds is 6. The monoisotopic (exact) mass is 464 g/mol. The summed E-state index contributed by atoms with van der Waals surface area (Å²) in [5.41, 5.74) is 2.40. The molecule has 154 valence electrons. The van der Waals surface area contributed by atoms with E-state index in [2.05, 4.69) is 5.10 Å². The van der Waals surface area contributed by atoms with Gasteiger partial charge in [-0.3, -0.25) is 0 Å². The smallest absolute Gasteiger partial charge is 0.744 e. The van der Waals surface area contributed by atoms with Crippen LogP contribution in [0.15, 0.2) is 76.3 Å². The third kappa shape index (κ3) is 6.53. The summed E-state index contributed by atoms with van der Waals surface area (Å²) in [6, 6.07) is 13.1. The molecule has 0 radical (unpaired) electrons. The molecule has 0 saturated heterocycles. The quantitative estimate of drug-likeness (QED) is 0.349. The first-order chi connectivity index (χ1) is 14.1. The average Bonchev–Trinajstić information content (AvgIpc) is 3.12. The number of benzene rings is 2. The van der Waals surface area contributed by atoms with Gasteiger partial charge in [-0.25, -0.2) is 13.2 Å². The van der Waals surface area contributed by atoms with Gasteiger partial charge in [0.2, 0.25) is 17.6 Å². The van der Waals surface area contributed by atoms with E-state index in [0.29, 0.717) is 5.57 Å². The predicted octanol–water partition coefficient (Wildman–Crippen LogP) is -0.530. The topological polar surface area (TPSA) is 113 Å². The summed E-state index contributed by atoms with van der Waals surface area (Å²) in [5, 5.41) is 13.4. The zero-order chi connectivity index (χ0) is 21.9. The maximum Gasteiger partial charge on any atom is 1.00 e. The van der Waals surface area contributed by atoms with Gasteiger partial charge in [-0.1, -0.05) is 35.0 Å². The minimum absolute atomic E-state index is 0. The van der Waals surface area contributed by atoms with E-state index in [1.165, 1.54) is 29.1 Å². The molecular formula is C21H19KN3O5S+. The van der Waals surface area contributed by atoms with Crippen molar-refractivity contribution in [3.63, 3.8) is 0 Å². The Labute approximate surface area is 223 Å². The molecule has 0 aromatic heterocycles. The van der Waals surface area contributed by atoms with E-state index in [1.807, 2.05) is 49.3 Å². The number of carboxylic acids is 1. The van der Waals surface area contributed by atoms with E-state index in [-0.39, 0.29) is 62.8 Å². The minimum atomic E-state index is -4.64. The van der Waals surface area contributed by atoms with E-state index in [4.69, 9.17) is 0 Å². The molecule has 0 spiro atoms. The van der Waals surface area contributed by atoms with Crippen LogP contribution in [0.5, 0.6) is 0 Å². The second-order valence-electron chi connectivity index (χ2n) is 6.65. The fourth-order valence-electron chi connectivity index (χ4n) is 2.74. The standard InChI is InChI=1S/C21H19N3O5S.K/c1-23(2)17-11-9-15(10-12-17)5-3-6-16-14-24(22-20(16)21(25)26)18-7-4-8-19(13-18)30(27,28)29;/h3-14H,1-2H3,(H-,25,26,27,28,29);/q;+1.